The second kappa shape index (κ2) is 5.28. The highest BCUT2D eigenvalue weighted by molar-refractivity contribution is 6.33. The second-order valence-corrected chi connectivity index (χ2v) is 7.50. The highest BCUT2D eigenvalue weighted by Gasteiger charge is 2.47. The van der Waals surface area contributed by atoms with Crippen LogP contribution in [0, 0.1) is 5.92 Å². The maximum absolute atomic E-state index is 6.16. The largest absolute Gasteiger partial charge is 0.491 e. The Balaban J connectivity index is 1.71. The van der Waals surface area contributed by atoms with Crippen molar-refractivity contribution in [3.05, 3.63) is 17.2 Å². The Labute approximate surface area is 140 Å². The van der Waals surface area contributed by atoms with Gasteiger partial charge in [0.2, 0.25) is 5.58 Å². The molecule has 124 valence electrons. The Kier molecular flexibility index (Phi) is 3.46. The summed E-state index contributed by atoms with van der Waals surface area (Å²) < 4.78 is 10.9. The van der Waals surface area contributed by atoms with Crippen molar-refractivity contribution in [1.82, 2.24) is 10.1 Å². The topological polar surface area (TPSA) is 50.5 Å². The summed E-state index contributed by atoms with van der Waals surface area (Å²) in [4.78, 5) is 2.57. The molecule has 1 aromatic heterocycles. The number of piperidine rings is 3. The molecule has 0 saturated carbocycles. The average molecular weight is 336 g/mol. The van der Waals surface area contributed by atoms with Crippen molar-refractivity contribution in [2.75, 3.05) is 25.5 Å². The van der Waals surface area contributed by atoms with Gasteiger partial charge < -0.3 is 14.6 Å². The average Bonchev–Trinajstić information content (AvgIpc) is 2.94. The molecule has 3 aliphatic rings. The fraction of sp³-hybridized carbons (Fsp3) is 0.588. The van der Waals surface area contributed by atoms with E-state index in [0.717, 1.165) is 11.2 Å². The first-order chi connectivity index (χ1) is 11.0. The summed E-state index contributed by atoms with van der Waals surface area (Å²) in [6.45, 7) is 7.02. The molecular formula is C17H22ClN3O2. The number of hydrogen-bond donors (Lipinski definition) is 1. The lowest BCUT2D eigenvalue weighted by Crippen LogP contribution is -2.66. The first kappa shape index (κ1) is 15.1. The van der Waals surface area contributed by atoms with E-state index in [0.29, 0.717) is 28.3 Å². The number of benzene rings is 1. The highest BCUT2D eigenvalue weighted by atomic mass is 35.5. The van der Waals surface area contributed by atoms with E-state index in [1.54, 1.807) is 7.11 Å². The molecular weight excluding hydrogens is 314 g/mol. The number of rotatable bonds is 3. The Bertz CT molecular complexity index is 735. The zero-order valence-corrected chi connectivity index (χ0v) is 14.5. The van der Waals surface area contributed by atoms with Crippen molar-refractivity contribution in [3.63, 3.8) is 0 Å². The lowest BCUT2D eigenvalue weighted by molar-refractivity contribution is -0.0189. The molecule has 2 aromatic rings. The SMILES string of the molecule is COc1c(Cl)ccc2c(NC3C4CCN(CC4)C3(C)C)noc12. The van der Waals surface area contributed by atoms with Crippen LogP contribution < -0.4 is 10.1 Å². The maximum atomic E-state index is 6.16. The van der Waals surface area contributed by atoms with Crippen LogP contribution in [0.3, 0.4) is 0 Å². The summed E-state index contributed by atoms with van der Waals surface area (Å²) in [7, 11) is 1.59. The molecule has 3 aliphatic heterocycles. The van der Waals surface area contributed by atoms with Crippen LogP contribution in [0.15, 0.2) is 16.7 Å². The zero-order valence-electron chi connectivity index (χ0n) is 13.7. The van der Waals surface area contributed by atoms with Gasteiger partial charge >= 0.3 is 0 Å². The number of nitrogens with zero attached hydrogens (tertiary/aromatic N) is 2. The minimum absolute atomic E-state index is 0.114. The first-order valence-corrected chi connectivity index (χ1v) is 8.53. The molecule has 0 spiro atoms. The van der Waals surface area contributed by atoms with Gasteiger partial charge in [0.1, 0.15) is 0 Å². The van der Waals surface area contributed by atoms with Gasteiger partial charge in [-0.15, -0.1) is 0 Å². The Hall–Kier alpha value is -1.46. The van der Waals surface area contributed by atoms with Crippen LogP contribution in [0.1, 0.15) is 26.7 Å². The third kappa shape index (κ3) is 2.21. The van der Waals surface area contributed by atoms with Crippen LogP contribution in [0.2, 0.25) is 5.02 Å². The highest BCUT2D eigenvalue weighted by Crippen LogP contribution is 2.42. The summed E-state index contributed by atoms with van der Waals surface area (Å²) in [5.41, 5.74) is 0.713. The van der Waals surface area contributed by atoms with E-state index in [2.05, 4.69) is 29.2 Å². The van der Waals surface area contributed by atoms with Crippen LogP contribution in [0.5, 0.6) is 5.75 Å². The minimum Gasteiger partial charge on any atom is -0.491 e. The fourth-order valence-corrected chi connectivity index (χ4v) is 4.50. The number of halogens is 1. The number of hydrogen-bond acceptors (Lipinski definition) is 5. The Morgan fingerprint density at radius 3 is 2.74 bits per heavy atom. The molecule has 5 rings (SSSR count). The van der Waals surface area contributed by atoms with E-state index in [4.69, 9.17) is 20.9 Å². The van der Waals surface area contributed by atoms with Gasteiger partial charge in [-0.05, 0) is 57.8 Å². The Morgan fingerprint density at radius 1 is 1.35 bits per heavy atom. The van der Waals surface area contributed by atoms with Crippen LogP contribution in [-0.4, -0.2) is 41.8 Å². The number of fused-ring (bicyclic) bond motifs is 4. The van der Waals surface area contributed by atoms with Crippen molar-refractivity contribution >= 4 is 28.4 Å². The summed E-state index contributed by atoms with van der Waals surface area (Å²) in [5.74, 6) is 2.00. The zero-order chi connectivity index (χ0) is 16.2. The van der Waals surface area contributed by atoms with E-state index < -0.39 is 0 Å². The van der Waals surface area contributed by atoms with Gasteiger partial charge in [0.15, 0.2) is 11.6 Å². The van der Waals surface area contributed by atoms with Gasteiger partial charge in [-0.3, -0.25) is 4.90 Å². The van der Waals surface area contributed by atoms with E-state index in [9.17, 15) is 0 Å². The molecule has 5 nitrogen and oxygen atoms in total. The molecule has 1 aromatic carbocycles. The third-order valence-electron chi connectivity index (χ3n) is 5.63. The van der Waals surface area contributed by atoms with Crippen LogP contribution in [0.25, 0.3) is 11.0 Å². The predicted octanol–water partition coefficient (Wildman–Crippen LogP) is 3.77. The van der Waals surface area contributed by atoms with Crippen molar-refractivity contribution in [3.8, 4) is 5.75 Å². The van der Waals surface area contributed by atoms with Gasteiger partial charge in [0.25, 0.3) is 0 Å². The predicted molar refractivity (Wildman–Crippen MR) is 91.4 cm³/mol. The number of methoxy groups -OCH3 is 1. The number of anilines is 1. The van der Waals surface area contributed by atoms with E-state index in [1.165, 1.54) is 25.9 Å². The molecule has 2 bridgehead atoms. The van der Waals surface area contributed by atoms with Gasteiger partial charge in [0, 0.05) is 11.6 Å². The van der Waals surface area contributed by atoms with Crippen molar-refractivity contribution in [1.29, 1.82) is 0 Å². The van der Waals surface area contributed by atoms with Crippen LogP contribution in [0.4, 0.5) is 5.82 Å². The number of nitrogens with one attached hydrogen (secondary N) is 1. The minimum atomic E-state index is 0.114. The van der Waals surface area contributed by atoms with Crippen molar-refractivity contribution < 1.29 is 9.26 Å². The molecule has 1 atom stereocenters. The standard InChI is InChI=1S/C17H22ClN3O2/c1-17(2)15(10-6-8-21(17)9-7-10)19-16-11-4-5-12(18)14(22-3)13(11)23-20-16/h4-5,10,15H,6-9H2,1-3H3,(H,19,20). The molecule has 1 unspecified atom stereocenters. The number of ether oxygens (including phenoxy) is 1. The molecule has 1 N–H and O–H groups in total. The summed E-state index contributed by atoms with van der Waals surface area (Å²) in [6.07, 6.45) is 2.48. The van der Waals surface area contributed by atoms with Gasteiger partial charge in [-0.1, -0.05) is 16.8 Å². The third-order valence-corrected chi connectivity index (χ3v) is 5.93. The monoisotopic (exact) mass is 335 g/mol. The molecule has 6 heteroatoms. The van der Waals surface area contributed by atoms with Gasteiger partial charge in [0.05, 0.1) is 17.5 Å². The molecule has 0 aliphatic carbocycles. The number of aromatic nitrogens is 1. The fourth-order valence-electron chi connectivity index (χ4n) is 4.27. The van der Waals surface area contributed by atoms with E-state index >= 15 is 0 Å². The molecule has 0 amide bonds. The normalized spacial score (nSPS) is 29.0. The molecule has 3 saturated heterocycles. The smallest absolute Gasteiger partial charge is 0.212 e. The second-order valence-electron chi connectivity index (χ2n) is 7.09. The van der Waals surface area contributed by atoms with Gasteiger partial charge in [-0.2, -0.15) is 0 Å². The van der Waals surface area contributed by atoms with E-state index in [-0.39, 0.29) is 5.54 Å². The quantitative estimate of drug-likeness (QED) is 0.925. The summed E-state index contributed by atoms with van der Waals surface area (Å²) in [5, 5.41) is 9.34. The summed E-state index contributed by atoms with van der Waals surface area (Å²) in [6, 6.07) is 4.13. The van der Waals surface area contributed by atoms with Crippen LogP contribution >= 0.6 is 11.6 Å². The molecule has 4 heterocycles. The Morgan fingerprint density at radius 2 is 2.09 bits per heavy atom. The van der Waals surface area contributed by atoms with E-state index in [1.807, 2.05) is 12.1 Å². The molecule has 3 fully saturated rings. The summed E-state index contributed by atoms with van der Waals surface area (Å²) >= 11 is 6.16. The van der Waals surface area contributed by atoms with Crippen LogP contribution in [-0.2, 0) is 0 Å². The molecule has 0 radical (unpaired) electrons. The van der Waals surface area contributed by atoms with Gasteiger partial charge in [-0.25, -0.2) is 0 Å². The van der Waals surface area contributed by atoms with Crippen molar-refractivity contribution in [2.45, 2.75) is 38.3 Å². The first-order valence-electron chi connectivity index (χ1n) is 8.16. The lowest BCUT2D eigenvalue weighted by Gasteiger charge is -2.56. The maximum Gasteiger partial charge on any atom is 0.212 e. The lowest BCUT2D eigenvalue weighted by atomic mass is 9.72. The van der Waals surface area contributed by atoms with Crippen molar-refractivity contribution in [2.24, 2.45) is 5.92 Å². The molecule has 23 heavy (non-hydrogen) atoms.